The molecule has 0 saturated heterocycles. The van der Waals surface area contributed by atoms with Crippen LogP contribution in [0.3, 0.4) is 0 Å². The van der Waals surface area contributed by atoms with Gasteiger partial charge in [0, 0.05) is 6.07 Å². The van der Waals surface area contributed by atoms with Gasteiger partial charge in [-0.3, -0.25) is 14.9 Å². The van der Waals surface area contributed by atoms with E-state index in [1.54, 1.807) is 12.1 Å². The first-order valence-electron chi connectivity index (χ1n) is 6.14. The second kappa shape index (κ2) is 7.55. The Kier molecular flexibility index (Phi) is 6.00. The van der Waals surface area contributed by atoms with Crippen molar-refractivity contribution in [2.24, 2.45) is 0 Å². The van der Waals surface area contributed by atoms with Gasteiger partial charge in [0.25, 0.3) is 5.69 Å². The van der Waals surface area contributed by atoms with Crippen LogP contribution in [0.5, 0.6) is 0 Å². The number of nitro groups is 1. The smallest absolute Gasteiger partial charge is 0.280 e. The molecule has 0 fully saturated rings. The molecule has 1 rings (SSSR count). The van der Waals surface area contributed by atoms with E-state index in [-0.39, 0.29) is 23.6 Å². The molecule has 0 aliphatic carbocycles. The molecule has 0 aliphatic heterocycles. The van der Waals surface area contributed by atoms with Crippen LogP contribution in [0.15, 0.2) is 24.3 Å². The number of nitrogens with one attached hydrogen (secondary N) is 1. The van der Waals surface area contributed by atoms with Crippen molar-refractivity contribution in [3.05, 3.63) is 39.9 Å². The zero-order valence-electron chi connectivity index (χ0n) is 10.5. The predicted molar refractivity (Wildman–Crippen MR) is 69.8 cm³/mol. The van der Waals surface area contributed by atoms with Crippen molar-refractivity contribution in [1.29, 1.82) is 0 Å². The zero-order chi connectivity index (χ0) is 13.4. The van der Waals surface area contributed by atoms with Gasteiger partial charge in [0.05, 0.1) is 17.0 Å². The summed E-state index contributed by atoms with van der Waals surface area (Å²) in [5, 5.41) is 13.8. The van der Waals surface area contributed by atoms with Gasteiger partial charge in [0.2, 0.25) is 0 Å². The Bertz CT molecular complexity index is 418. The van der Waals surface area contributed by atoms with Crippen molar-refractivity contribution in [1.82, 2.24) is 5.32 Å². The third kappa shape index (κ3) is 4.25. The summed E-state index contributed by atoms with van der Waals surface area (Å²) >= 11 is 0. The first kappa shape index (κ1) is 14.3. The molecule has 0 saturated carbocycles. The van der Waals surface area contributed by atoms with Crippen LogP contribution in [-0.2, 0) is 0 Å². The lowest BCUT2D eigenvalue weighted by atomic mass is 10.1. The van der Waals surface area contributed by atoms with Crippen molar-refractivity contribution >= 4 is 11.5 Å². The molecule has 5 nitrogen and oxygen atoms in total. The molecule has 5 heteroatoms. The molecule has 1 aromatic carbocycles. The number of rotatable bonds is 8. The fourth-order valence-electron chi connectivity index (χ4n) is 1.67. The van der Waals surface area contributed by atoms with Gasteiger partial charge in [-0.05, 0) is 19.0 Å². The summed E-state index contributed by atoms with van der Waals surface area (Å²) in [7, 11) is 0. The molecule has 1 N–H and O–H groups in total. The molecule has 0 unspecified atom stereocenters. The normalized spacial score (nSPS) is 10.3. The molecule has 0 bridgehead atoms. The Balaban J connectivity index is 2.54. The summed E-state index contributed by atoms with van der Waals surface area (Å²) in [4.78, 5) is 22.1. The average molecular weight is 250 g/mol. The van der Waals surface area contributed by atoms with E-state index < -0.39 is 4.92 Å². The summed E-state index contributed by atoms with van der Waals surface area (Å²) in [6, 6.07) is 6.04. The minimum absolute atomic E-state index is 0.127. The van der Waals surface area contributed by atoms with Gasteiger partial charge in [-0.25, -0.2) is 0 Å². The third-order valence-corrected chi connectivity index (χ3v) is 2.64. The lowest BCUT2D eigenvalue weighted by Gasteiger charge is -2.04. The largest absolute Gasteiger partial charge is 0.310 e. The number of carbonyl (C=O) groups excluding carboxylic acids is 1. The monoisotopic (exact) mass is 250 g/mol. The molecule has 18 heavy (non-hydrogen) atoms. The van der Waals surface area contributed by atoms with Crippen LogP contribution in [0, 0.1) is 10.1 Å². The molecular formula is C13H18N2O3. The van der Waals surface area contributed by atoms with E-state index in [9.17, 15) is 14.9 Å². The average Bonchev–Trinajstić information content (AvgIpc) is 2.38. The van der Waals surface area contributed by atoms with Crippen LogP contribution in [-0.4, -0.2) is 23.8 Å². The van der Waals surface area contributed by atoms with Crippen molar-refractivity contribution in [3.8, 4) is 0 Å². The quantitative estimate of drug-likeness (QED) is 0.333. The highest BCUT2D eigenvalue weighted by Crippen LogP contribution is 2.17. The molecule has 0 spiro atoms. The van der Waals surface area contributed by atoms with Crippen LogP contribution >= 0.6 is 0 Å². The minimum atomic E-state index is -0.523. The Morgan fingerprint density at radius 1 is 1.33 bits per heavy atom. The van der Waals surface area contributed by atoms with Crippen LogP contribution in [0.4, 0.5) is 5.69 Å². The molecule has 0 radical (unpaired) electrons. The lowest BCUT2D eigenvalue weighted by molar-refractivity contribution is -0.385. The van der Waals surface area contributed by atoms with Gasteiger partial charge < -0.3 is 5.32 Å². The Labute approximate surface area is 106 Å². The highest BCUT2D eigenvalue weighted by Gasteiger charge is 2.18. The highest BCUT2D eigenvalue weighted by atomic mass is 16.6. The number of nitrogens with zero attached hydrogens (tertiary/aromatic N) is 1. The maximum Gasteiger partial charge on any atom is 0.280 e. The summed E-state index contributed by atoms with van der Waals surface area (Å²) in [6.45, 7) is 3.02. The molecule has 0 atom stereocenters. The molecule has 0 amide bonds. The Morgan fingerprint density at radius 3 is 2.72 bits per heavy atom. The van der Waals surface area contributed by atoms with E-state index in [1.165, 1.54) is 12.1 Å². The summed E-state index contributed by atoms with van der Waals surface area (Å²) < 4.78 is 0. The second-order valence-corrected chi connectivity index (χ2v) is 4.08. The van der Waals surface area contributed by atoms with E-state index in [0.29, 0.717) is 0 Å². The topological polar surface area (TPSA) is 72.2 Å². The summed E-state index contributed by atoms with van der Waals surface area (Å²) in [6.07, 6.45) is 3.26. The number of Topliss-reactive ketones (excluding diaryl/α,β-unsaturated/α-hetero) is 1. The maximum absolute atomic E-state index is 11.8. The molecule has 98 valence electrons. The SMILES string of the molecule is CCCCCNCC(=O)c1ccccc1[N+](=O)[O-]. The number of para-hydroxylation sites is 1. The summed E-state index contributed by atoms with van der Waals surface area (Å²) in [5.41, 5.74) is 0.0448. The van der Waals surface area contributed by atoms with Crippen molar-refractivity contribution in [3.63, 3.8) is 0 Å². The standard InChI is InChI=1S/C13H18N2O3/c1-2-3-6-9-14-10-13(16)11-7-4-5-8-12(11)15(17)18/h4-5,7-8,14H,2-3,6,9-10H2,1H3. The number of benzene rings is 1. The first-order valence-corrected chi connectivity index (χ1v) is 6.14. The van der Waals surface area contributed by atoms with E-state index in [2.05, 4.69) is 12.2 Å². The van der Waals surface area contributed by atoms with Crippen molar-refractivity contribution in [2.75, 3.05) is 13.1 Å². The Morgan fingerprint density at radius 2 is 2.06 bits per heavy atom. The van der Waals surface area contributed by atoms with Gasteiger partial charge in [-0.15, -0.1) is 0 Å². The van der Waals surface area contributed by atoms with Crippen LogP contribution in [0.2, 0.25) is 0 Å². The van der Waals surface area contributed by atoms with Gasteiger partial charge >= 0.3 is 0 Å². The highest BCUT2D eigenvalue weighted by molar-refractivity contribution is 6.01. The van der Waals surface area contributed by atoms with E-state index in [4.69, 9.17) is 0 Å². The third-order valence-electron chi connectivity index (χ3n) is 2.64. The number of hydrogen-bond donors (Lipinski definition) is 1. The van der Waals surface area contributed by atoms with Crippen molar-refractivity contribution in [2.45, 2.75) is 26.2 Å². The second-order valence-electron chi connectivity index (χ2n) is 4.08. The van der Waals surface area contributed by atoms with Gasteiger partial charge in [0.1, 0.15) is 0 Å². The van der Waals surface area contributed by atoms with Gasteiger partial charge in [-0.1, -0.05) is 31.9 Å². The number of nitro benzene ring substituents is 1. The van der Waals surface area contributed by atoms with Gasteiger partial charge in [-0.2, -0.15) is 0 Å². The van der Waals surface area contributed by atoms with E-state index in [1.807, 2.05) is 0 Å². The van der Waals surface area contributed by atoms with Crippen molar-refractivity contribution < 1.29 is 9.72 Å². The number of hydrogen-bond acceptors (Lipinski definition) is 4. The van der Waals surface area contributed by atoms with Crippen LogP contribution in [0.25, 0.3) is 0 Å². The lowest BCUT2D eigenvalue weighted by Crippen LogP contribution is -2.24. The maximum atomic E-state index is 11.8. The molecule has 0 aromatic heterocycles. The van der Waals surface area contributed by atoms with E-state index in [0.717, 1.165) is 25.8 Å². The minimum Gasteiger partial charge on any atom is -0.310 e. The number of ketones is 1. The first-order chi connectivity index (χ1) is 8.66. The molecule has 1 aromatic rings. The molecule has 0 heterocycles. The zero-order valence-corrected chi connectivity index (χ0v) is 10.5. The van der Waals surface area contributed by atoms with Gasteiger partial charge in [0.15, 0.2) is 5.78 Å². The van der Waals surface area contributed by atoms with Crippen LogP contribution < -0.4 is 5.32 Å². The molecular weight excluding hydrogens is 232 g/mol. The number of carbonyl (C=O) groups is 1. The summed E-state index contributed by atoms with van der Waals surface area (Å²) in [5.74, 6) is -0.237. The predicted octanol–water partition coefficient (Wildman–Crippen LogP) is 2.56. The fraction of sp³-hybridized carbons (Fsp3) is 0.462. The molecule has 0 aliphatic rings. The van der Waals surface area contributed by atoms with Crippen LogP contribution in [0.1, 0.15) is 36.5 Å². The fourth-order valence-corrected chi connectivity index (χ4v) is 1.67. The number of unbranched alkanes of at least 4 members (excludes halogenated alkanes) is 2. The Hall–Kier alpha value is -1.75. The van der Waals surface area contributed by atoms with E-state index >= 15 is 0 Å².